The monoisotopic (exact) mass is 370 g/mol. The van der Waals surface area contributed by atoms with Crippen molar-refractivity contribution in [3.8, 4) is 5.75 Å². The van der Waals surface area contributed by atoms with Crippen molar-refractivity contribution in [1.82, 2.24) is 0 Å². The lowest BCUT2D eigenvalue weighted by molar-refractivity contribution is 0.0698. The summed E-state index contributed by atoms with van der Waals surface area (Å²) in [6, 6.07) is 6.02. The third-order valence-corrected chi connectivity index (χ3v) is 3.78. The van der Waals surface area contributed by atoms with Crippen LogP contribution in [0.5, 0.6) is 5.75 Å². The highest BCUT2D eigenvalue weighted by molar-refractivity contribution is 9.10. The van der Waals surface area contributed by atoms with Gasteiger partial charge < -0.3 is 15.2 Å². The van der Waals surface area contributed by atoms with Crippen molar-refractivity contribution in [3.05, 3.63) is 39.7 Å². The largest absolute Gasteiger partial charge is 0.497 e. The summed E-state index contributed by atoms with van der Waals surface area (Å²) in [5.41, 5.74) is 0.578. The summed E-state index contributed by atoms with van der Waals surface area (Å²) in [5, 5.41) is 16.0. The van der Waals surface area contributed by atoms with E-state index in [9.17, 15) is 9.59 Å². The quantitative estimate of drug-likeness (QED) is 0.762. The van der Waals surface area contributed by atoms with Gasteiger partial charge in [-0.2, -0.15) is 0 Å². The van der Waals surface area contributed by atoms with Gasteiger partial charge in [0, 0.05) is 16.2 Å². The third kappa shape index (κ3) is 3.96. The van der Waals surface area contributed by atoms with E-state index in [-0.39, 0.29) is 10.6 Å². The first-order chi connectivity index (χ1) is 9.99. The minimum absolute atomic E-state index is 0.0574. The van der Waals surface area contributed by atoms with Crippen molar-refractivity contribution >= 4 is 50.0 Å². The van der Waals surface area contributed by atoms with Crippen molar-refractivity contribution in [1.29, 1.82) is 0 Å². The molecule has 21 heavy (non-hydrogen) atoms. The lowest BCUT2D eigenvalue weighted by Crippen LogP contribution is -2.20. The first-order valence-electron chi connectivity index (χ1n) is 5.73. The Balaban J connectivity index is 2.10. The number of thiophene rings is 1. The Bertz CT molecular complexity index is 687. The number of ether oxygens (including phenoxy) is 1. The molecule has 0 radical (unpaired) electrons. The predicted octanol–water partition coefficient (Wildman–Crippen LogP) is 3.86. The maximum atomic E-state index is 11.9. The van der Waals surface area contributed by atoms with Gasteiger partial charge in [-0.1, -0.05) is 15.9 Å². The number of carbonyl (C=O) groups is 2. The fraction of sp³-hybridized carbons (Fsp3) is 0.0769. The molecular formula is C13H11BrN2O4S. The van der Waals surface area contributed by atoms with E-state index in [0.717, 1.165) is 15.8 Å². The number of anilines is 2. The Kier molecular flexibility index (Phi) is 4.81. The van der Waals surface area contributed by atoms with Crippen molar-refractivity contribution in [2.75, 3.05) is 17.7 Å². The molecule has 0 atom stereocenters. The predicted molar refractivity (Wildman–Crippen MR) is 84.6 cm³/mol. The van der Waals surface area contributed by atoms with Gasteiger partial charge in [0.1, 0.15) is 10.8 Å². The number of benzene rings is 1. The number of halogens is 1. The highest BCUT2D eigenvalue weighted by Crippen LogP contribution is 2.26. The molecule has 3 N–H and O–H groups in total. The molecule has 0 aliphatic rings. The van der Waals surface area contributed by atoms with Gasteiger partial charge >= 0.3 is 12.0 Å². The molecule has 0 saturated carbocycles. The first kappa shape index (κ1) is 15.3. The molecule has 0 aliphatic carbocycles. The van der Waals surface area contributed by atoms with E-state index in [0.29, 0.717) is 11.4 Å². The summed E-state index contributed by atoms with van der Waals surface area (Å²) in [6.45, 7) is 0. The molecule has 110 valence electrons. The van der Waals surface area contributed by atoms with Crippen LogP contribution < -0.4 is 15.4 Å². The second-order valence-electron chi connectivity index (χ2n) is 3.93. The molecule has 1 heterocycles. The topological polar surface area (TPSA) is 87.7 Å². The number of methoxy groups -OCH3 is 1. The Morgan fingerprint density at radius 3 is 2.71 bits per heavy atom. The van der Waals surface area contributed by atoms with Crippen LogP contribution in [-0.2, 0) is 0 Å². The molecular weight excluding hydrogens is 360 g/mol. The number of carboxylic acids is 1. The molecule has 0 saturated heterocycles. The Labute approximate surface area is 132 Å². The molecule has 2 amide bonds. The fourth-order valence-corrected chi connectivity index (χ4v) is 2.84. The Morgan fingerprint density at radius 2 is 2.05 bits per heavy atom. The molecule has 0 bridgehead atoms. The maximum Gasteiger partial charge on any atom is 0.338 e. The second-order valence-corrected chi connectivity index (χ2v) is 5.76. The summed E-state index contributed by atoms with van der Waals surface area (Å²) in [6.07, 6.45) is 0. The number of carbonyl (C=O) groups excluding carboxylic acids is 1. The van der Waals surface area contributed by atoms with Crippen LogP contribution in [0.15, 0.2) is 34.1 Å². The minimum atomic E-state index is -1.09. The number of aromatic carboxylic acids is 1. The molecule has 2 aromatic rings. The van der Waals surface area contributed by atoms with Crippen LogP contribution in [0.3, 0.4) is 0 Å². The van der Waals surface area contributed by atoms with Gasteiger partial charge in [-0.05, 0) is 23.6 Å². The highest BCUT2D eigenvalue weighted by atomic mass is 79.9. The number of carboxylic acid groups (broad SMARTS) is 1. The summed E-state index contributed by atoms with van der Waals surface area (Å²) < 4.78 is 5.85. The number of hydrogen-bond donors (Lipinski definition) is 3. The zero-order valence-corrected chi connectivity index (χ0v) is 13.2. The van der Waals surface area contributed by atoms with E-state index in [1.54, 1.807) is 23.6 Å². The zero-order chi connectivity index (χ0) is 15.4. The highest BCUT2D eigenvalue weighted by Gasteiger charge is 2.14. The van der Waals surface area contributed by atoms with Crippen LogP contribution in [0.25, 0.3) is 0 Å². The molecule has 0 aliphatic heterocycles. The van der Waals surface area contributed by atoms with E-state index in [1.165, 1.54) is 13.2 Å². The Morgan fingerprint density at radius 1 is 1.29 bits per heavy atom. The summed E-state index contributed by atoms with van der Waals surface area (Å²) in [7, 11) is 1.52. The molecule has 0 fully saturated rings. The van der Waals surface area contributed by atoms with E-state index in [2.05, 4.69) is 26.6 Å². The second kappa shape index (κ2) is 6.59. The average molecular weight is 371 g/mol. The molecule has 1 aromatic heterocycles. The normalized spacial score (nSPS) is 10.0. The van der Waals surface area contributed by atoms with E-state index in [1.807, 2.05) is 0 Å². The number of amides is 2. The summed E-state index contributed by atoms with van der Waals surface area (Å²) >= 11 is 4.45. The molecule has 2 rings (SSSR count). The van der Waals surface area contributed by atoms with Crippen molar-refractivity contribution < 1.29 is 19.4 Å². The van der Waals surface area contributed by atoms with E-state index < -0.39 is 12.0 Å². The maximum absolute atomic E-state index is 11.9. The fourth-order valence-electron chi connectivity index (χ4n) is 1.59. The number of nitrogens with one attached hydrogen (secondary N) is 2. The molecule has 8 heteroatoms. The average Bonchev–Trinajstić information content (AvgIpc) is 2.85. The van der Waals surface area contributed by atoms with Gasteiger partial charge in [0.2, 0.25) is 0 Å². The summed E-state index contributed by atoms with van der Waals surface area (Å²) in [5.74, 6) is -0.502. The molecule has 6 nitrogen and oxygen atoms in total. The SMILES string of the molecule is COc1cc(Br)cc(NC(=O)Nc2sccc2C(=O)O)c1. The standard InChI is InChI=1S/C13H11BrN2O4S/c1-20-9-5-7(14)4-8(6-9)15-13(19)16-11-10(12(17)18)2-3-21-11/h2-6H,1H3,(H,17,18)(H2,15,16,19). The van der Waals surface area contributed by atoms with Crippen LogP contribution in [-0.4, -0.2) is 24.2 Å². The zero-order valence-electron chi connectivity index (χ0n) is 10.8. The molecule has 0 unspecified atom stereocenters. The van der Waals surface area contributed by atoms with Crippen LogP contribution in [0, 0.1) is 0 Å². The van der Waals surface area contributed by atoms with Gasteiger partial charge in [0.15, 0.2) is 0 Å². The van der Waals surface area contributed by atoms with Gasteiger partial charge in [-0.3, -0.25) is 5.32 Å². The minimum Gasteiger partial charge on any atom is -0.497 e. The van der Waals surface area contributed by atoms with Gasteiger partial charge in [0.05, 0.1) is 12.7 Å². The number of rotatable bonds is 4. The lowest BCUT2D eigenvalue weighted by Gasteiger charge is -2.09. The van der Waals surface area contributed by atoms with E-state index >= 15 is 0 Å². The first-order valence-corrected chi connectivity index (χ1v) is 7.40. The van der Waals surface area contributed by atoms with Crippen molar-refractivity contribution in [2.24, 2.45) is 0 Å². The Hall–Kier alpha value is -2.06. The van der Waals surface area contributed by atoms with E-state index in [4.69, 9.17) is 9.84 Å². The number of hydrogen-bond acceptors (Lipinski definition) is 4. The van der Waals surface area contributed by atoms with Gasteiger partial charge in [-0.25, -0.2) is 9.59 Å². The molecule has 0 spiro atoms. The van der Waals surface area contributed by atoms with Crippen molar-refractivity contribution in [2.45, 2.75) is 0 Å². The van der Waals surface area contributed by atoms with Gasteiger partial charge in [-0.15, -0.1) is 11.3 Å². The smallest absolute Gasteiger partial charge is 0.338 e. The lowest BCUT2D eigenvalue weighted by atomic mass is 10.3. The summed E-state index contributed by atoms with van der Waals surface area (Å²) in [4.78, 5) is 22.9. The van der Waals surface area contributed by atoms with Crippen LogP contribution >= 0.6 is 27.3 Å². The third-order valence-electron chi connectivity index (χ3n) is 2.49. The number of urea groups is 1. The van der Waals surface area contributed by atoms with Crippen molar-refractivity contribution in [3.63, 3.8) is 0 Å². The van der Waals surface area contributed by atoms with Crippen LogP contribution in [0.4, 0.5) is 15.5 Å². The van der Waals surface area contributed by atoms with Gasteiger partial charge in [0.25, 0.3) is 0 Å². The van der Waals surface area contributed by atoms with Crippen LogP contribution in [0.1, 0.15) is 10.4 Å². The molecule has 1 aromatic carbocycles. The van der Waals surface area contributed by atoms with Crippen LogP contribution in [0.2, 0.25) is 0 Å².